The van der Waals surface area contributed by atoms with Crippen molar-refractivity contribution in [1.82, 2.24) is 0 Å². The first-order chi connectivity index (χ1) is 10.8. The number of amides is 1. The number of hydrogen-bond donors (Lipinski definition) is 2. The monoisotopic (exact) mass is 417 g/mol. The molecule has 2 rings (SSSR count). The normalized spacial score (nSPS) is 10.3. The Morgan fingerprint density at radius 2 is 1.83 bits per heavy atom. The van der Waals surface area contributed by atoms with Gasteiger partial charge in [-0.1, -0.05) is 39.1 Å². The summed E-state index contributed by atoms with van der Waals surface area (Å²) in [6.07, 6.45) is 0. The second kappa shape index (κ2) is 7.21. The highest BCUT2D eigenvalue weighted by Crippen LogP contribution is 2.31. The average Bonchev–Trinajstić information content (AvgIpc) is 2.49. The molecule has 1 amide bonds. The van der Waals surface area contributed by atoms with Crippen LogP contribution in [0.1, 0.15) is 20.7 Å². The maximum atomic E-state index is 12.4. The first kappa shape index (κ1) is 17.6. The van der Waals surface area contributed by atoms with Crippen LogP contribution in [0.2, 0.25) is 10.0 Å². The van der Waals surface area contributed by atoms with E-state index in [2.05, 4.69) is 21.2 Å². The summed E-state index contributed by atoms with van der Waals surface area (Å²) in [6, 6.07) is 7.41. The summed E-state index contributed by atoms with van der Waals surface area (Å²) in [7, 11) is 1.44. The molecule has 0 fully saturated rings. The predicted octanol–water partition coefficient (Wildman–Crippen LogP) is 4.72. The Morgan fingerprint density at radius 1 is 1.13 bits per heavy atom. The zero-order valence-corrected chi connectivity index (χ0v) is 14.8. The van der Waals surface area contributed by atoms with Gasteiger partial charge >= 0.3 is 5.97 Å². The van der Waals surface area contributed by atoms with E-state index in [0.717, 1.165) is 0 Å². The second-order valence-corrected chi connectivity index (χ2v) is 6.15. The molecule has 23 heavy (non-hydrogen) atoms. The zero-order chi connectivity index (χ0) is 17.1. The van der Waals surface area contributed by atoms with Crippen molar-refractivity contribution in [3.63, 3.8) is 0 Å². The summed E-state index contributed by atoms with van der Waals surface area (Å²) in [6.45, 7) is 0. The van der Waals surface area contributed by atoms with Gasteiger partial charge in [0.2, 0.25) is 0 Å². The van der Waals surface area contributed by atoms with Crippen LogP contribution in [0, 0.1) is 0 Å². The Balaban J connectivity index is 2.39. The highest BCUT2D eigenvalue weighted by molar-refractivity contribution is 9.10. The number of benzene rings is 2. The number of rotatable bonds is 4. The Kier molecular flexibility index (Phi) is 5.51. The number of carbonyl (C=O) groups excluding carboxylic acids is 1. The van der Waals surface area contributed by atoms with Crippen LogP contribution in [0.25, 0.3) is 0 Å². The van der Waals surface area contributed by atoms with E-state index >= 15 is 0 Å². The number of aromatic carboxylic acids is 1. The maximum absolute atomic E-state index is 12.4. The molecule has 0 aliphatic heterocycles. The molecular formula is C15H10BrCl2NO4. The van der Waals surface area contributed by atoms with E-state index in [9.17, 15) is 9.59 Å². The van der Waals surface area contributed by atoms with Crippen molar-refractivity contribution in [2.45, 2.75) is 0 Å². The molecule has 0 radical (unpaired) electrons. The minimum Gasteiger partial charge on any atom is -0.496 e. The van der Waals surface area contributed by atoms with E-state index in [1.165, 1.54) is 19.2 Å². The molecule has 0 unspecified atom stereocenters. The number of nitrogens with one attached hydrogen (secondary N) is 1. The van der Waals surface area contributed by atoms with E-state index in [1.807, 2.05) is 0 Å². The van der Waals surface area contributed by atoms with Crippen LogP contribution in [-0.4, -0.2) is 24.1 Å². The lowest BCUT2D eigenvalue weighted by Gasteiger charge is -2.12. The van der Waals surface area contributed by atoms with Crippen molar-refractivity contribution < 1.29 is 19.4 Å². The fourth-order valence-corrected chi connectivity index (χ4v) is 2.73. The smallest absolute Gasteiger partial charge is 0.337 e. The third-order valence-electron chi connectivity index (χ3n) is 2.94. The van der Waals surface area contributed by atoms with Gasteiger partial charge in [-0.25, -0.2) is 4.79 Å². The third-order valence-corrected chi connectivity index (χ3v) is 4.06. The lowest BCUT2D eigenvalue weighted by Crippen LogP contribution is -2.14. The number of anilines is 1. The summed E-state index contributed by atoms with van der Waals surface area (Å²) < 4.78 is 5.83. The first-order valence-electron chi connectivity index (χ1n) is 6.20. The number of methoxy groups -OCH3 is 1. The zero-order valence-electron chi connectivity index (χ0n) is 11.7. The van der Waals surface area contributed by atoms with Crippen LogP contribution in [0.5, 0.6) is 5.75 Å². The number of halogens is 3. The van der Waals surface area contributed by atoms with Gasteiger partial charge < -0.3 is 15.2 Å². The summed E-state index contributed by atoms with van der Waals surface area (Å²) in [5.41, 5.74) is 0.248. The van der Waals surface area contributed by atoms with Crippen LogP contribution < -0.4 is 10.1 Å². The van der Waals surface area contributed by atoms with Crippen LogP contribution in [-0.2, 0) is 0 Å². The van der Waals surface area contributed by atoms with Crippen LogP contribution >= 0.6 is 39.1 Å². The molecule has 120 valence electrons. The molecule has 0 aromatic heterocycles. The number of carbonyl (C=O) groups is 2. The standard InChI is InChI=1S/C15H10BrCl2NO4/c1-23-13-3-2-7(16)4-9(13)14(20)19-12-5-8(15(21)22)10(17)6-11(12)18/h2-6H,1H3,(H,19,20)(H,21,22). The summed E-state index contributed by atoms with van der Waals surface area (Å²) in [4.78, 5) is 23.5. The molecule has 2 aromatic rings. The quantitative estimate of drug-likeness (QED) is 0.753. The molecule has 2 aromatic carbocycles. The molecule has 0 heterocycles. The number of carboxylic acid groups (broad SMARTS) is 1. The van der Waals surface area contributed by atoms with Gasteiger partial charge in [0.1, 0.15) is 5.75 Å². The maximum Gasteiger partial charge on any atom is 0.337 e. The Hall–Kier alpha value is -1.76. The molecule has 0 saturated heterocycles. The van der Waals surface area contributed by atoms with E-state index in [0.29, 0.717) is 10.2 Å². The van der Waals surface area contributed by atoms with E-state index in [-0.39, 0.29) is 26.9 Å². The largest absolute Gasteiger partial charge is 0.496 e. The lowest BCUT2D eigenvalue weighted by molar-refractivity contribution is 0.0696. The summed E-state index contributed by atoms with van der Waals surface area (Å²) in [5, 5.41) is 11.8. The van der Waals surface area contributed by atoms with Crippen molar-refractivity contribution in [2.24, 2.45) is 0 Å². The molecule has 0 aliphatic carbocycles. The SMILES string of the molecule is COc1ccc(Br)cc1C(=O)Nc1cc(C(=O)O)c(Cl)cc1Cl. The molecule has 0 aliphatic rings. The van der Waals surface area contributed by atoms with Gasteiger partial charge in [-0.05, 0) is 30.3 Å². The molecule has 8 heteroatoms. The average molecular weight is 419 g/mol. The van der Waals surface area contributed by atoms with Gasteiger partial charge in [-0.15, -0.1) is 0 Å². The van der Waals surface area contributed by atoms with Gasteiger partial charge in [0.05, 0.1) is 34.0 Å². The van der Waals surface area contributed by atoms with E-state index in [1.54, 1.807) is 18.2 Å². The van der Waals surface area contributed by atoms with Crippen molar-refractivity contribution in [2.75, 3.05) is 12.4 Å². The highest BCUT2D eigenvalue weighted by atomic mass is 79.9. The summed E-state index contributed by atoms with van der Waals surface area (Å²) in [5.74, 6) is -1.35. The number of carboxylic acids is 1. The Labute approximate surface area is 150 Å². The van der Waals surface area contributed by atoms with Crippen molar-refractivity contribution in [1.29, 1.82) is 0 Å². The minimum atomic E-state index is -1.22. The molecule has 0 spiro atoms. The first-order valence-corrected chi connectivity index (χ1v) is 7.75. The molecule has 0 atom stereocenters. The second-order valence-electron chi connectivity index (χ2n) is 4.42. The van der Waals surface area contributed by atoms with E-state index in [4.69, 9.17) is 33.0 Å². The fraction of sp³-hybridized carbons (Fsp3) is 0.0667. The van der Waals surface area contributed by atoms with Crippen molar-refractivity contribution in [3.05, 3.63) is 56.0 Å². The molecule has 0 bridgehead atoms. The Bertz CT molecular complexity index is 795. The van der Waals surface area contributed by atoms with Crippen LogP contribution in [0.4, 0.5) is 5.69 Å². The van der Waals surface area contributed by atoms with Crippen LogP contribution in [0.3, 0.4) is 0 Å². The van der Waals surface area contributed by atoms with Gasteiger partial charge in [0, 0.05) is 4.47 Å². The Morgan fingerprint density at radius 3 is 2.43 bits per heavy atom. The minimum absolute atomic E-state index is 0.0134. The fourth-order valence-electron chi connectivity index (χ4n) is 1.86. The molecule has 5 nitrogen and oxygen atoms in total. The molecule has 2 N–H and O–H groups in total. The lowest BCUT2D eigenvalue weighted by atomic mass is 10.1. The van der Waals surface area contributed by atoms with Crippen molar-refractivity contribution >= 4 is 56.7 Å². The van der Waals surface area contributed by atoms with E-state index < -0.39 is 11.9 Å². The molecule has 0 saturated carbocycles. The predicted molar refractivity (Wildman–Crippen MR) is 92.1 cm³/mol. The highest BCUT2D eigenvalue weighted by Gasteiger charge is 2.17. The number of ether oxygens (including phenoxy) is 1. The van der Waals surface area contributed by atoms with Gasteiger partial charge in [0.15, 0.2) is 0 Å². The third kappa shape index (κ3) is 3.96. The molecular weight excluding hydrogens is 409 g/mol. The topological polar surface area (TPSA) is 75.6 Å². The summed E-state index contributed by atoms with van der Waals surface area (Å²) >= 11 is 15.1. The van der Waals surface area contributed by atoms with Gasteiger partial charge in [-0.2, -0.15) is 0 Å². The van der Waals surface area contributed by atoms with Gasteiger partial charge in [-0.3, -0.25) is 4.79 Å². The van der Waals surface area contributed by atoms with Gasteiger partial charge in [0.25, 0.3) is 5.91 Å². The number of hydrogen-bond acceptors (Lipinski definition) is 3. The van der Waals surface area contributed by atoms with Crippen molar-refractivity contribution in [3.8, 4) is 5.75 Å². The van der Waals surface area contributed by atoms with Crippen LogP contribution in [0.15, 0.2) is 34.8 Å².